The Balaban J connectivity index is 1.78. The van der Waals surface area contributed by atoms with E-state index < -0.39 is 0 Å². The number of hydrogen-bond acceptors (Lipinski definition) is 3. The first-order chi connectivity index (χ1) is 11.7. The van der Waals surface area contributed by atoms with E-state index in [1.54, 1.807) is 11.3 Å². The zero-order chi connectivity index (χ0) is 16.5. The third-order valence-electron chi connectivity index (χ3n) is 4.48. The predicted molar refractivity (Wildman–Crippen MR) is 102 cm³/mol. The first-order valence-electron chi connectivity index (χ1n) is 8.17. The van der Waals surface area contributed by atoms with Crippen LogP contribution in [0, 0.1) is 0 Å². The topological polar surface area (TPSA) is 42.0 Å². The number of rotatable bonds is 3. The molecule has 5 heteroatoms. The molecular formula is C19H17BrN2OS. The van der Waals surface area contributed by atoms with Crippen molar-refractivity contribution in [3.05, 3.63) is 51.8 Å². The van der Waals surface area contributed by atoms with E-state index in [2.05, 4.69) is 21.2 Å². The summed E-state index contributed by atoms with van der Waals surface area (Å²) in [6.45, 7) is 0. The number of hydrogen-bond donors (Lipinski definition) is 1. The maximum atomic E-state index is 12.9. The van der Waals surface area contributed by atoms with Gasteiger partial charge in [-0.2, -0.15) is 0 Å². The van der Waals surface area contributed by atoms with E-state index in [9.17, 15) is 4.79 Å². The monoisotopic (exact) mass is 400 g/mol. The Morgan fingerprint density at radius 3 is 2.71 bits per heavy atom. The van der Waals surface area contributed by atoms with E-state index in [-0.39, 0.29) is 5.91 Å². The standard InChI is InChI=1S/C19H17BrN2OS/c20-18-10-9-17(24-18)16-11-14(13-7-3-4-8-15(13)22-16)19(23)21-12-5-1-2-6-12/h3-4,7-12H,1-2,5-6H2,(H,21,23). The largest absolute Gasteiger partial charge is 0.349 e. The Kier molecular flexibility index (Phi) is 4.37. The average Bonchev–Trinajstić information content (AvgIpc) is 3.25. The number of nitrogens with one attached hydrogen (secondary N) is 1. The number of benzene rings is 1. The van der Waals surface area contributed by atoms with Gasteiger partial charge < -0.3 is 5.32 Å². The van der Waals surface area contributed by atoms with Gasteiger partial charge in [0.25, 0.3) is 5.91 Å². The number of amides is 1. The quantitative estimate of drug-likeness (QED) is 0.639. The summed E-state index contributed by atoms with van der Waals surface area (Å²) in [7, 11) is 0. The number of carbonyl (C=O) groups is 1. The molecule has 0 atom stereocenters. The molecule has 0 radical (unpaired) electrons. The Hall–Kier alpha value is -1.72. The van der Waals surface area contributed by atoms with Gasteiger partial charge in [0.2, 0.25) is 0 Å². The highest BCUT2D eigenvalue weighted by Crippen LogP contribution is 2.32. The van der Waals surface area contributed by atoms with Gasteiger partial charge in [0.05, 0.1) is 25.4 Å². The van der Waals surface area contributed by atoms with E-state index in [1.165, 1.54) is 12.8 Å². The third-order valence-corrected chi connectivity index (χ3v) is 6.12. The Labute approximate surface area is 153 Å². The molecule has 1 fully saturated rings. The lowest BCUT2D eigenvalue weighted by molar-refractivity contribution is 0.0939. The molecule has 24 heavy (non-hydrogen) atoms. The van der Waals surface area contributed by atoms with Gasteiger partial charge in [-0.15, -0.1) is 11.3 Å². The summed E-state index contributed by atoms with van der Waals surface area (Å²) in [5.74, 6) is 0.0115. The van der Waals surface area contributed by atoms with Gasteiger partial charge in [0.1, 0.15) is 0 Å². The van der Waals surface area contributed by atoms with Crippen LogP contribution >= 0.6 is 27.3 Å². The van der Waals surface area contributed by atoms with Gasteiger partial charge in [-0.3, -0.25) is 4.79 Å². The SMILES string of the molecule is O=C(NC1CCCC1)c1cc(-c2ccc(Br)s2)nc2ccccc12. The summed E-state index contributed by atoms with van der Waals surface area (Å²) in [5, 5.41) is 4.11. The van der Waals surface area contributed by atoms with Crippen molar-refractivity contribution in [2.24, 2.45) is 0 Å². The number of aromatic nitrogens is 1. The average molecular weight is 401 g/mol. The summed E-state index contributed by atoms with van der Waals surface area (Å²) in [6, 6.07) is 14.1. The Morgan fingerprint density at radius 2 is 1.96 bits per heavy atom. The molecule has 1 aliphatic carbocycles. The highest BCUT2D eigenvalue weighted by atomic mass is 79.9. The molecule has 1 aromatic carbocycles. The predicted octanol–water partition coefficient (Wildman–Crippen LogP) is 5.40. The number of para-hydroxylation sites is 1. The maximum Gasteiger partial charge on any atom is 0.252 e. The first-order valence-corrected chi connectivity index (χ1v) is 9.78. The van der Waals surface area contributed by atoms with Crippen LogP contribution in [-0.4, -0.2) is 16.9 Å². The van der Waals surface area contributed by atoms with Crippen LogP contribution in [0.4, 0.5) is 0 Å². The minimum Gasteiger partial charge on any atom is -0.349 e. The van der Waals surface area contributed by atoms with Gasteiger partial charge in [-0.05, 0) is 53.0 Å². The zero-order valence-electron chi connectivity index (χ0n) is 13.1. The Bertz CT molecular complexity index is 899. The van der Waals surface area contributed by atoms with Crippen molar-refractivity contribution in [2.45, 2.75) is 31.7 Å². The number of pyridine rings is 1. The highest BCUT2D eigenvalue weighted by molar-refractivity contribution is 9.11. The zero-order valence-corrected chi connectivity index (χ0v) is 15.5. The van der Waals surface area contributed by atoms with Crippen molar-refractivity contribution in [1.29, 1.82) is 0 Å². The smallest absolute Gasteiger partial charge is 0.252 e. The Morgan fingerprint density at radius 1 is 1.17 bits per heavy atom. The van der Waals surface area contributed by atoms with Crippen molar-refractivity contribution in [2.75, 3.05) is 0 Å². The number of fused-ring (bicyclic) bond motifs is 1. The molecule has 1 saturated carbocycles. The summed E-state index contributed by atoms with van der Waals surface area (Å²) in [5.41, 5.74) is 2.42. The number of thiophene rings is 1. The molecule has 1 amide bonds. The lowest BCUT2D eigenvalue weighted by Gasteiger charge is -2.14. The molecule has 2 aromatic heterocycles. The van der Waals surface area contributed by atoms with Crippen molar-refractivity contribution in [3.8, 4) is 10.6 Å². The molecule has 1 aliphatic rings. The van der Waals surface area contributed by atoms with Crippen molar-refractivity contribution in [3.63, 3.8) is 0 Å². The molecule has 2 heterocycles. The fourth-order valence-electron chi connectivity index (χ4n) is 3.27. The van der Waals surface area contributed by atoms with E-state index in [0.29, 0.717) is 11.6 Å². The lowest BCUT2D eigenvalue weighted by atomic mass is 10.1. The maximum absolute atomic E-state index is 12.9. The van der Waals surface area contributed by atoms with Crippen LogP contribution in [0.3, 0.4) is 0 Å². The van der Waals surface area contributed by atoms with Gasteiger partial charge >= 0.3 is 0 Å². The van der Waals surface area contributed by atoms with Crippen LogP contribution in [0.15, 0.2) is 46.3 Å². The number of halogens is 1. The van der Waals surface area contributed by atoms with Crippen molar-refractivity contribution in [1.82, 2.24) is 10.3 Å². The number of carbonyl (C=O) groups excluding carboxylic acids is 1. The molecule has 0 bridgehead atoms. The molecule has 1 N–H and O–H groups in total. The molecule has 0 spiro atoms. The first kappa shape index (κ1) is 15.8. The van der Waals surface area contributed by atoms with Crippen LogP contribution in [0.2, 0.25) is 0 Å². The van der Waals surface area contributed by atoms with E-state index in [4.69, 9.17) is 4.98 Å². The summed E-state index contributed by atoms with van der Waals surface area (Å²) >= 11 is 5.12. The van der Waals surface area contributed by atoms with Crippen LogP contribution in [0.25, 0.3) is 21.5 Å². The second kappa shape index (κ2) is 6.65. The normalized spacial score (nSPS) is 15.0. The van der Waals surface area contributed by atoms with Crippen LogP contribution in [-0.2, 0) is 0 Å². The molecule has 0 aliphatic heterocycles. The van der Waals surface area contributed by atoms with Gasteiger partial charge in [0, 0.05) is 11.4 Å². The van der Waals surface area contributed by atoms with Gasteiger partial charge in [0.15, 0.2) is 0 Å². The van der Waals surface area contributed by atoms with Crippen LogP contribution < -0.4 is 5.32 Å². The van der Waals surface area contributed by atoms with Gasteiger partial charge in [-0.1, -0.05) is 31.0 Å². The molecule has 122 valence electrons. The molecule has 3 nitrogen and oxygen atoms in total. The molecule has 3 aromatic rings. The fourth-order valence-corrected chi connectivity index (χ4v) is 4.62. The minimum absolute atomic E-state index is 0.0115. The summed E-state index contributed by atoms with van der Waals surface area (Å²) < 4.78 is 1.06. The summed E-state index contributed by atoms with van der Waals surface area (Å²) in [6.07, 6.45) is 4.58. The van der Waals surface area contributed by atoms with Crippen LogP contribution in [0.5, 0.6) is 0 Å². The summed E-state index contributed by atoms with van der Waals surface area (Å²) in [4.78, 5) is 18.7. The fraction of sp³-hybridized carbons (Fsp3) is 0.263. The second-order valence-electron chi connectivity index (χ2n) is 6.13. The van der Waals surface area contributed by atoms with Crippen molar-refractivity contribution < 1.29 is 4.79 Å². The second-order valence-corrected chi connectivity index (χ2v) is 8.59. The molecule has 0 saturated heterocycles. The number of nitrogens with zero attached hydrogens (tertiary/aromatic N) is 1. The minimum atomic E-state index is 0.0115. The van der Waals surface area contributed by atoms with E-state index in [0.717, 1.165) is 38.1 Å². The molecule has 4 rings (SSSR count). The van der Waals surface area contributed by atoms with E-state index in [1.807, 2.05) is 42.5 Å². The highest BCUT2D eigenvalue weighted by Gasteiger charge is 2.20. The van der Waals surface area contributed by atoms with Crippen molar-refractivity contribution >= 4 is 44.1 Å². The van der Waals surface area contributed by atoms with E-state index >= 15 is 0 Å². The lowest BCUT2D eigenvalue weighted by Crippen LogP contribution is -2.32. The van der Waals surface area contributed by atoms with Crippen LogP contribution in [0.1, 0.15) is 36.0 Å². The molecular weight excluding hydrogens is 384 g/mol. The molecule has 0 unspecified atom stereocenters. The third kappa shape index (κ3) is 3.10. The van der Waals surface area contributed by atoms with Gasteiger partial charge in [-0.25, -0.2) is 4.98 Å².